The Balaban J connectivity index is 1.56. The predicted octanol–water partition coefficient (Wildman–Crippen LogP) is 6.75. The van der Waals surface area contributed by atoms with Gasteiger partial charge >= 0.3 is 5.97 Å². The largest absolute Gasteiger partial charge is 0.493 e. The standard InChI is InChI=1S/C28H29NO4S/c1-16-8-9-22(33-15-18-10-12-28(3,32)13-11-18)24-20(27(30)31)14-21(29-25(16)24)26-17(2)19-6-4-5-7-23(19)34-26/h4-9,14,18,32H,10-13,15H2,1-3H3,(H,30,31)/t18-,28-. The van der Waals surface area contributed by atoms with Gasteiger partial charge in [0.2, 0.25) is 0 Å². The molecular weight excluding hydrogens is 446 g/mol. The maximum absolute atomic E-state index is 12.4. The molecule has 0 aliphatic heterocycles. The van der Waals surface area contributed by atoms with Crippen molar-refractivity contribution < 1.29 is 19.7 Å². The van der Waals surface area contributed by atoms with Crippen LogP contribution < -0.4 is 4.74 Å². The first-order chi connectivity index (χ1) is 16.2. The highest BCUT2D eigenvalue weighted by Crippen LogP contribution is 2.40. The highest BCUT2D eigenvalue weighted by atomic mass is 32.1. The molecule has 2 heterocycles. The van der Waals surface area contributed by atoms with E-state index in [-0.39, 0.29) is 5.56 Å². The van der Waals surface area contributed by atoms with Crippen LogP contribution in [-0.4, -0.2) is 33.4 Å². The van der Waals surface area contributed by atoms with Crippen molar-refractivity contribution in [3.8, 4) is 16.3 Å². The molecule has 0 atom stereocenters. The van der Waals surface area contributed by atoms with E-state index in [1.807, 2.05) is 38.1 Å². The molecule has 1 aliphatic rings. The highest BCUT2D eigenvalue weighted by Gasteiger charge is 2.29. The second-order valence-corrected chi connectivity index (χ2v) is 10.8. The number of aryl methyl sites for hydroxylation is 2. The second kappa shape index (κ2) is 8.67. The van der Waals surface area contributed by atoms with Crippen LogP contribution in [0.25, 0.3) is 31.6 Å². The van der Waals surface area contributed by atoms with E-state index in [2.05, 4.69) is 19.1 Å². The number of fused-ring (bicyclic) bond motifs is 2. The van der Waals surface area contributed by atoms with Gasteiger partial charge in [0.25, 0.3) is 0 Å². The van der Waals surface area contributed by atoms with Crippen molar-refractivity contribution in [1.82, 2.24) is 4.98 Å². The van der Waals surface area contributed by atoms with Gasteiger partial charge in [-0.3, -0.25) is 0 Å². The molecule has 1 fully saturated rings. The lowest BCUT2D eigenvalue weighted by Crippen LogP contribution is -2.32. The molecule has 0 bridgehead atoms. The molecule has 6 heteroatoms. The first-order valence-electron chi connectivity index (χ1n) is 11.7. The van der Waals surface area contributed by atoms with Gasteiger partial charge in [-0.1, -0.05) is 24.3 Å². The summed E-state index contributed by atoms with van der Waals surface area (Å²) in [5, 5.41) is 22.1. The molecule has 0 radical (unpaired) electrons. The number of rotatable bonds is 5. The topological polar surface area (TPSA) is 79.7 Å². The van der Waals surface area contributed by atoms with E-state index in [0.29, 0.717) is 34.9 Å². The number of benzene rings is 2. The van der Waals surface area contributed by atoms with Gasteiger partial charge in [0, 0.05) is 4.70 Å². The van der Waals surface area contributed by atoms with Crippen LogP contribution in [0, 0.1) is 19.8 Å². The van der Waals surface area contributed by atoms with Crippen LogP contribution in [0.15, 0.2) is 42.5 Å². The monoisotopic (exact) mass is 475 g/mol. The van der Waals surface area contributed by atoms with Crippen molar-refractivity contribution >= 4 is 38.3 Å². The van der Waals surface area contributed by atoms with Crippen LogP contribution in [0.2, 0.25) is 0 Å². The smallest absolute Gasteiger partial charge is 0.336 e. The lowest BCUT2D eigenvalue weighted by Gasteiger charge is -2.32. The van der Waals surface area contributed by atoms with Gasteiger partial charge in [-0.25, -0.2) is 9.78 Å². The molecule has 5 nitrogen and oxygen atoms in total. The quantitative estimate of drug-likeness (QED) is 0.334. The Kier molecular flexibility index (Phi) is 5.82. The molecule has 176 valence electrons. The number of carboxylic acid groups (broad SMARTS) is 1. The lowest BCUT2D eigenvalue weighted by atomic mass is 9.80. The van der Waals surface area contributed by atoms with E-state index in [9.17, 15) is 15.0 Å². The minimum atomic E-state index is -0.989. The third kappa shape index (κ3) is 4.17. The third-order valence-electron chi connectivity index (χ3n) is 7.09. The van der Waals surface area contributed by atoms with Crippen molar-refractivity contribution in [3.63, 3.8) is 0 Å². The minimum absolute atomic E-state index is 0.210. The van der Waals surface area contributed by atoms with Crippen LogP contribution in [0.5, 0.6) is 5.75 Å². The summed E-state index contributed by atoms with van der Waals surface area (Å²) in [7, 11) is 0. The van der Waals surface area contributed by atoms with Crippen LogP contribution in [0.4, 0.5) is 0 Å². The zero-order chi connectivity index (χ0) is 24.0. The number of hydrogen-bond acceptors (Lipinski definition) is 5. The van der Waals surface area contributed by atoms with E-state index < -0.39 is 11.6 Å². The SMILES string of the molecule is Cc1c(-c2cc(C(=O)O)c3c(OC[C@H]4CC[C@](C)(O)CC4)ccc(C)c3n2)sc2ccccc12. The molecule has 0 spiro atoms. The maximum Gasteiger partial charge on any atom is 0.336 e. The Morgan fingerprint density at radius 3 is 2.62 bits per heavy atom. The summed E-state index contributed by atoms with van der Waals surface area (Å²) < 4.78 is 7.37. The zero-order valence-electron chi connectivity index (χ0n) is 19.7. The van der Waals surface area contributed by atoms with Crippen LogP contribution in [-0.2, 0) is 0 Å². The Morgan fingerprint density at radius 1 is 1.18 bits per heavy atom. The Bertz CT molecular complexity index is 1390. The molecule has 0 saturated heterocycles. The number of hydrogen-bond donors (Lipinski definition) is 2. The van der Waals surface area contributed by atoms with E-state index in [4.69, 9.17) is 9.72 Å². The average molecular weight is 476 g/mol. The summed E-state index contributed by atoms with van der Waals surface area (Å²) in [5.74, 6) is -0.0858. The van der Waals surface area contributed by atoms with Gasteiger partial charge in [0.15, 0.2) is 0 Å². The molecule has 34 heavy (non-hydrogen) atoms. The molecule has 1 saturated carbocycles. The van der Waals surface area contributed by atoms with Crippen molar-refractivity contribution in [2.45, 2.75) is 52.1 Å². The van der Waals surface area contributed by atoms with Crippen molar-refractivity contribution in [2.24, 2.45) is 5.92 Å². The molecule has 2 aromatic carbocycles. The second-order valence-electron chi connectivity index (χ2n) is 9.77. The fraction of sp³-hybridized carbons (Fsp3) is 0.357. The number of thiophene rings is 1. The van der Waals surface area contributed by atoms with Crippen LogP contribution >= 0.6 is 11.3 Å². The number of aliphatic hydroxyl groups is 1. The summed E-state index contributed by atoms with van der Waals surface area (Å²) in [6.07, 6.45) is 3.32. The van der Waals surface area contributed by atoms with E-state index in [1.165, 1.54) is 5.39 Å². The fourth-order valence-corrected chi connectivity index (χ4v) is 6.11. The Labute approximate surface area is 203 Å². The molecule has 2 aromatic heterocycles. The lowest BCUT2D eigenvalue weighted by molar-refractivity contribution is 0.00159. The predicted molar refractivity (Wildman–Crippen MR) is 137 cm³/mol. The van der Waals surface area contributed by atoms with Gasteiger partial charge < -0.3 is 14.9 Å². The molecule has 0 amide bonds. The number of aromatic nitrogens is 1. The molecule has 1 aliphatic carbocycles. The first-order valence-corrected chi connectivity index (χ1v) is 12.6. The van der Waals surface area contributed by atoms with Gasteiger partial charge in [-0.2, -0.15) is 0 Å². The number of pyridine rings is 1. The maximum atomic E-state index is 12.4. The summed E-state index contributed by atoms with van der Waals surface area (Å²) >= 11 is 1.64. The van der Waals surface area contributed by atoms with Crippen molar-refractivity contribution in [1.29, 1.82) is 0 Å². The molecule has 0 unspecified atom stereocenters. The summed E-state index contributed by atoms with van der Waals surface area (Å²) in [6, 6.07) is 13.7. The first kappa shape index (κ1) is 22.8. The average Bonchev–Trinajstić information content (AvgIpc) is 3.15. The third-order valence-corrected chi connectivity index (χ3v) is 8.38. The highest BCUT2D eigenvalue weighted by molar-refractivity contribution is 7.22. The van der Waals surface area contributed by atoms with Crippen molar-refractivity contribution in [2.75, 3.05) is 6.61 Å². The number of aromatic carboxylic acids is 1. The van der Waals surface area contributed by atoms with Crippen molar-refractivity contribution in [3.05, 3.63) is 59.2 Å². The van der Waals surface area contributed by atoms with Gasteiger partial charge in [0.05, 0.1) is 39.2 Å². The Morgan fingerprint density at radius 2 is 1.91 bits per heavy atom. The van der Waals surface area contributed by atoms with E-state index in [0.717, 1.165) is 46.4 Å². The Hall–Kier alpha value is -2.96. The minimum Gasteiger partial charge on any atom is -0.493 e. The zero-order valence-corrected chi connectivity index (χ0v) is 20.5. The number of nitrogens with zero attached hydrogens (tertiary/aromatic N) is 1. The molecule has 4 aromatic rings. The van der Waals surface area contributed by atoms with Gasteiger partial charge in [-0.05, 0) is 87.1 Å². The normalized spacial score (nSPS) is 20.6. The molecule has 5 rings (SSSR count). The fourth-order valence-electron chi connectivity index (χ4n) is 4.94. The molecular formula is C28H29NO4S. The molecule has 2 N–H and O–H groups in total. The van der Waals surface area contributed by atoms with Gasteiger partial charge in [0.1, 0.15) is 5.75 Å². The summed E-state index contributed by atoms with van der Waals surface area (Å²) in [5.41, 5.74) is 2.99. The number of ether oxygens (including phenoxy) is 1. The number of carbonyl (C=O) groups is 1. The van der Waals surface area contributed by atoms with Crippen LogP contribution in [0.3, 0.4) is 0 Å². The summed E-state index contributed by atoms with van der Waals surface area (Å²) in [4.78, 5) is 18.3. The number of carboxylic acids is 1. The van der Waals surface area contributed by atoms with Gasteiger partial charge in [-0.15, -0.1) is 11.3 Å². The summed E-state index contributed by atoms with van der Waals surface area (Å²) in [6.45, 7) is 6.41. The van der Waals surface area contributed by atoms with E-state index >= 15 is 0 Å². The van der Waals surface area contributed by atoms with E-state index in [1.54, 1.807) is 17.4 Å². The van der Waals surface area contributed by atoms with Crippen LogP contribution in [0.1, 0.15) is 54.1 Å².